The molecule has 6 heteroatoms. The Morgan fingerprint density at radius 2 is 2.12 bits per heavy atom. The lowest BCUT2D eigenvalue weighted by Gasteiger charge is -2.30. The Hall–Kier alpha value is -1.30. The number of carboxylic acids is 1. The minimum Gasteiger partial charge on any atom is -0.481 e. The monoisotopic (exact) mass is 244 g/mol. The number of nitrogens with zero attached hydrogens (tertiary/aromatic N) is 2. The van der Waals surface area contributed by atoms with Gasteiger partial charge in [-0.15, -0.1) is 0 Å². The quantitative estimate of drug-likeness (QED) is 0.741. The van der Waals surface area contributed by atoms with Gasteiger partial charge in [0.1, 0.15) is 0 Å². The molecule has 0 aromatic carbocycles. The van der Waals surface area contributed by atoms with E-state index < -0.39 is 11.9 Å². The third-order valence-electron chi connectivity index (χ3n) is 3.02. The predicted octanol–water partition coefficient (Wildman–Crippen LogP) is 0.216. The van der Waals surface area contributed by atoms with Crippen molar-refractivity contribution in [3.05, 3.63) is 0 Å². The fourth-order valence-electron chi connectivity index (χ4n) is 2.00. The van der Waals surface area contributed by atoms with Crippen molar-refractivity contribution < 1.29 is 19.8 Å². The van der Waals surface area contributed by atoms with Crippen LogP contribution in [0, 0.1) is 5.92 Å². The van der Waals surface area contributed by atoms with E-state index in [0.29, 0.717) is 13.0 Å². The van der Waals surface area contributed by atoms with Crippen molar-refractivity contribution in [1.82, 2.24) is 9.80 Å². The number of carbonyl (C=O) groups is 2. The van der Waals surface area contributed by atoms with Crippen molar-refractivity contribution in [1.29, 1.82) is 0 Å². The lowest BCUT2D eigenvalue weighted by atomic mass is 10.1. The van der Waals surface area contributed by atoms with Crippen LogP contribution in [-0.2, 0) is 4.79 Å². The molecular weight excluding hydrogens is 224 g/mol. The lowest BCUT2D eigenvalue weighted by molar-refractivity contribution is -0.141. The number of rotatable bonds is 4. The highest BCUT2D eigenvalue weighted by Gasteiger charge is 2.33. The van der Waals surface area contributed by atoms with Crippen molar-refractivity contribution in [3.8, 4) is 0 Å². The number of amides is 2. The molecule has 0 bridgehead atoms. The highest BCUT2D eigenvalue weighted by molar-refractivity contribution is 5.77. The Kier molecular flexibility index (Phi) is 4.74. The summed E-state index contributed by atoms with van der Waals surface area (Å²) >= 11 is 0. The van der Waals surface area contributed by atoms with E-state index >= 15 is 0 Å². The van der Waals surface area contributed by atoms with E-state index in [1.54, 1.807) is 9.80 Å². The van der Waals surface area contributed by atoms with E-state index in [4.69, 9.17) is 10.2 Å². The van der Waals surface area contributed by atoms with Crippen LogP contribution in [0.5, 0.6) is 0 Å². The van der Waals surface area contributed by atoms with Gasteiger partial charge in [-0.3, -0.25) is 4.79 Å². The molecule has 1 atom stereocenters. The molecule has 1 heterocycles. The Morgan fingerprint density at radius 1 is 1.47 bits per heavy atom. The molecule has 1 aliphatic heterocycles. The molecular formula is C11H20N2O4. The van der Waals surface area contributed by atoms with E-state index in [0.717, 1.165) is 0 Å². The standard InChI is InChI=1S/C11H20N2O4/c1-8(2)13(5-6-14)11(17)12-4-3-9(7-12)10(15)16/h8-9,14H,3-7H2,1-2H3,(H,15,16). The van der Waals surface area contributed by atoms with Crippen molar-refractivity contribution in [2.75, 3.05) is 26.2 Å². The Balaban J connectivity index is 2.60. The number of aliphatic hydroxyl groups excluding tert-OH is 1. The summed E-state index contributed by atoms with van der Waals surface area (Å²) in [6.45, 7) is 4.69. The van der Waals surface area contributed by atoms with Crippen LogP contribution in [-0.4, -0.2) is 64.3 Å². The van der Waals surface area contributed by atoms with Gasteiger partial charge in [-0.05, 0) is 20.3 Å². The molecule has 1 unspecified atom stereocenters. The molecule has 1 aliphatic rings. The molecule has 2 N–H and O–H groups in total. The van der Waals surface area contributed by atoms with Crippen LogP contribution in [0.2, 0.25) is 0 Å². The van der Waals surface area contributed by atoms with E-state index in [1.165, 1.54) is 0 Å². The second-order valence-corrected chi connectivity index (χ2v) is 4.56. The van der Waals surface area contributed by atoms with Gasteiger partial charge in [0.25, 0.3) is 0 Å². The first kappa shape index (κ1) is 13.8. The number of carboxylic acid groups (broad SMARTS) is 1. The van der Waals surface area contributed by atoms with E-state index in [-0.39, 0.29) is 31.8 Å². The van der Waals surface area contributed by atoms with Gasteiger partial charge in [-0.2, -0.15) is 0 Å². The summed E-state index contributed by atoms with van der Waals surface area (Å²) in [6.07, 6.45) is 0.506. The number of aliphatic hydroxyl groups is 1. The number of hydrogen-bond acceptors (Lipinski definition) is 3. The largest absolute Gasteiger partial charge is 0.481 e. The molecule has 0 spiro atoms. The molecule has 0 radical (unpaired) electrons. The molecule has 17 heavy (non-hydrogen) atoms. The summed E-state index contributed by atoms with van der Waals surface area (Å²) in [4.78, 5) is 26.0. The first-order chi connectivity index (χ1) is 7.97. The van der Waals surface area contributed by atoms with Gasteiger partial charge >= 0.3 is 12.0 Å². The third-order valence-corrected chi connectivity index (χ3v) is 3.02. The zero-order valence-electron chi connectivity index (χ0n) is 10.3. The number of hydrogen-bond donors (Lipinski definition) is 2. The Bertz CT molecular complexity index is 293. The SMILES string of the molecule is CC(C)N(CCO)C(=O)N1CCC(C(=O)O)C1. The van der Waals surface area contributed by atoms with Gasteiger partial charge in [-0.25, -0.2) is 4.79 Å². The maximum atomic E-state index is 12.1. The zero-order valence-corrected chi connectivity index (χ0v) is 10.3. The number of aliphatic carboxylic acids is 1. The maximum Gasteiger partial charge on any atom is 0.320 e. The minimum atomic E-state index is -0.849. The number of urea groups is 1. The van der Waals surface area contributed by atoms with Gasteiger partial charge in [0.2, 0.25) is 0 Å². The summed E-state index contributed by atoms with van der Waals surface area (Å²) in [5.41, 5.74) is 0. The van der Waals surface area contributed by atoms with Crippen molar-refractivity contribution in [2.45, 2.75) is 26.3 Å². The summed E-state index contributed by atoms with van der Waals surface area (Å²) in [5.74, 6) is -1.30. The van der Waals surface area contributed by atoms with Crippen LogP contribution >= 0.6 is 0 Å². The molecule has 1 rings (SSSR count). The van der Waals surface area contributed by atoms with Crippen molar-refractivity contribution >= 4 is 12.0 Å². The molecule has 0 aromatic rings. The van der Waals surface area contributed by atoms with Crippen LogP contribution in [0.25, 0.3) is 0 Å². The number of carbonyl (C=O) groups excluding carboxylic acids is 1. The smallest absolute Gasteiger partial charge is 0.320 e. The fraction of sp³-hybridized carbons (Fsp3) is 0.818. The second kappa shape index (κ2) is 5.86. The van der Waals surface area contributed by atoms with Crippen LogP contribution in [0.4, 0.5) is 4.79 Å². The second-order valence-electron chi connectivity index (χ2n) is 4.56. The van der Waals surface area contributed by atoms with Crippen molar-refractivity contribution in [3.63, 3.8) is 0 Å². The predicted molar refractivity (Wildman–Crippen MR) is 61.6 cm³/mol. The van der Waals surface area contributed by atoms with E-state index in [2.05, 4.69) is 0 Å². The molecule has 0 aromatic heterocycles. The van der Waals surface area contributed by atoms with Gasteiger partial charge in [-0.1, -0.05) is 0 Å². The van der Waals surface area contributed by atoms with Gasteiger partial charge in [0, 0.05) is 25.7 Å². The first-order valence-corrected chi connectivity index (χ1v) is 5.86. The van der Waals surface area contributed by atoms with Crippen LogP contribution in [0.15, 0.2) is 0 Å². The van der Waals surface area contributed by atoms with E-state index in [9.17, 15) is 9.59 Å². The summed E-state index contributed by atoms with van der Waals surface area (Å²) in [6, 6.07) is -0.184. The highest BCUT2D eigenvalue weighted by atomic mass is 16.4. The lowest BCUT2D eigenvalue weighted by Crippen LogP contribution is -2.47. The average molecular weight is 244 g/mol. The molecule has 98 valence electrons. The Morgan fingerprint density at radius 3 is 2.53 bits per heavy atom. The fourth-order valence-corrected chi connectivity index (χ4v) is 2.00. The molecule has 0 saturated carbocycles. The molecule has 2 amide bonds. The van der Waals surface area contributed by atoms with Gasteiger partial charge < -0.3 is 20.0 Å². The van der Waals surface area contributed by atoms with Crippen LogP contribution < -0.4 is 0 Å². The van der Waals surface area contributed by atoms with Crippen LogP contribution in [0.1, 0.15) is 20.3 Å². The van der Waals surface area contributed by atoms with E-state index in [1.807, 2.05) is 13.8 Å². The van der Waals surface area contributed by atoms with Crippen molar-refractivity contribution in [2.24, 2.45) is 5.92 Å². The van der Waals surface area contributed by atoms with Gasteiger partial charge in [0.05, 0.1) is 12.5 Å². The molecule has 1 fully saturated rings. The average Bonchev–Trinajstić information content (AvgIpc) is 2.73. The topological polar surface area (TPSA) is 81.1 Å². The molecule has 6 nitrogen and oxygen atoms in total. The summed E-state index contributed by atoms with van der Waals surface area (Å²) in [7, 11) is 0. The number of likely N-dealkylation sites (tertiary alicyclic amines) is 1. The summed E-state index contributed by atoms with van der Waals surface area (Å²) < 4.78 is 0. The maximum absolute atomic E-state index is 12.1. The molecule has 0 aliphatic carbocycles. The zero-order chi connectivity index (χ0) is 13.0. The highest BCUT2D eigenvalue weighted by Crippen LogP contribution is 2.18. The molecule has 1 saturated heterocycles. The minimum absolute atomic E-state index is 0.00136. The first-order valence-electron chi connectivity index (χ1n) is 5.86. The van der Waals surface area contributed by atoms with Crippen LogP contribution in [0.3, 0.4) is 0 Å². The Labute approximate surface area is 101 Å². The van der Waals surface area contributed by atoms with Gasteiger partial charge in [0.15, 0.2) is 0 Å². The summed E-state index contributed by atoms with van der Waals surface area (Å²) in [5, 5.41) is 17.8. The third kappa shape index (κ3) is 3.33. The normalized spacial score (nSPS) is 19.8.